The third-order valence-electron chi connectivity index (χ3n) is 10.8. The van der Waals surface area contributed by atoms with Crippen LogP contribution in [0.2, 0.25) is 0 Å². The highest BCUT2D eigenvalue weighted by molar-refractivity contribution is 7.25. The van der Waals surface area contributed by atoms with Crippen molar-refractivity contribution >= 4 is 86.0 Å². The van der Waals surface area contributed by atoms with Crippen LogP contribution in [0.3, 0.4) is 0 Å². The number of fused-ring (bicyclic) bond motifs is 10. The average Bonchev–Trinajstić information content (AvgIpc) is 3.91. The number of furan rings is 1. The van der Waals surface area contributed by atoms with Gasteiger partial charge in [0, 0.05) is 52.8 Å². The van der Waals surface area contributed by atoms with Crippen LogP contribution in [0.1, 0.15) is 0 Å². The van der Waals surface area contributed by atoms with E-state index < -0.39 is 0 Å². The third-order valence-corrected chi connectivity index (χ3v) is 12.0. The molecule has 0 N–H and O–H groups in total. The molecule has 0 saturated carbocycles. The maximum atomic E-state index is 6.84. The predicted octanol–water partition coefficient (Wildman–Crippen LogP) is 13.4. The van der Waals surface area contributed by atoms with E-state index in [1.54, 1.807) is 11.3 Å². The number of nitrogens with zero attached hydrogens (tertiary/aromatic N) is 4. The Balaban J connectivity index is 1.20. The predicted molar refractivity (Wildman–Crippen MR) is 228 cm³/mol. The van der Waals surface area contributed by atoms with Gasteiger partial charge in [0.15, 0.2) is 17.5 Å². The molecular formula is C49H28N4OS. The molecule has 0 saturated heterocycles. The number of hydrogen-bond donors (Lipinski definition) is 0. The van der Waals surface area contributed by atoms with Gasteiger partial charge in [0.2, 0.25) is 0 Å². The molecule has 0 amide bonds. The van der Waals surface area contributed by atoms with E-state index in [1.165, 1.54) is 41.7 Å². The molecule has 0 aliphatic heterocycles. The maximum Gasteiger partial charge on any atom is 0.170 e. The summed E-state index contributed by atoms with van der Waals surface area (Å²) in [5, 5.41) is 9.29. The second-order valence-electron chi connectivity index (χ2n) is 14.0. The molecule has 256 valence electrons. The van der Waals surface area contributed by atoms with Crippen LogP contribution in [0.15, 0.2) is 174 Å². The molecule has 6 heteroatoms. The van der Waals surface area contributed by atoms with E-state index in [9.17, 15) is 0 Å². The van der Waals surface area contributed by atoms with Gasteiger partial charge in [-0.1, -0.05) is 121 Å². The molecule has 5 nitrogen and oxygen atoms in total. The first kappa shape index (κ1) is 30.3. The topological polar surface area (TPSA) is 56.7 Å². The largest absolute Gasteiger partial charge is 0.455 e. The van der Waals surface area contributed by atoms with Gasteiger partial charge in [-0.2, -0.15) is 0 Å². The molecule has 4 heterocycles. The zero-order valence-electron chi connectivity index (χ0n) is 29.3. The van der Waals surface area contributed by atoms with E-state index in [2.05, 4.69) is 144 Å². The van der Waals surface area contributed by atoms with Crippen LogP contribution in [0.5, 0.6) is 0 Å². The van der Waals surface area contributed by atoms with Crippen LogP contribution in [0.25, 0.3) is 115 Å². The lowest BCUT2D eigenvalue weighted by Gasteiger charge is -2.15. The quantitative estimate of drug-likeness (QED) is 0.182. The van der Waals surface area contributed by atoms with E-state index in [-0.39, 0.29) is 0 Å². The molecule has 0 unspecified atom stereocenters. The minimum atomic E-state index is 0.548. The first-order valence-corrected chi connectivity index (χ1v) is 19.2. The Hall–Kier alpha value is -7.15. The SMILES string of the molecule is c1ccc(-c2nc(-c3ccc4c(c3)sc3ccccc34)nc(-c3c(-n4c5ccccc5c5cc6ccccc6cc54)ccc4c3oc3ccccc34)n2)cc1. The number of para-hydroxylation sites is 2. The van der Waals surface area contributed by atoms with Crippen molar-refractivity contribution in [3.63, 3.8) is 0 Å². The van der Waals surface area contributed by atoms with Crippen molar-refractivity contribution in [3.05, 3.63) is 170 Å². The number of aromatic nitrogens is 4. The van der Waals surface area contributed by atoms with Crippen molar-refractivity contribution in [1.29, 1.82) is 0 Å². The number of thiophene rings is 1. The molecule has 12 rings (SSSR count). The maximum absolute atomic E-state index is 6.84. The molecule has 0 bridgehead atoms. The third kappa shape index (κ3) is 4.62. The minimum absolute atomic E-state index is 0.548. The summed E-state index contributed by atoms with van der Waals surface area (Å²) in [5.74, 6) is 1.76. The Morgan fingerprint density at radius 2 is 1.07 bits per heavy atom. The second-order valence-corrected chi connectivity index (χ2v) is 15.1. The lowest BCUT2D eigenvalue weighted by molar-refractivity contribution is 0.669. The fourth-order valence-corrected chi connectivity index (χ4v) is 9.44. The van der Waals surface area contributed by atoms with Crippen LogP contribution in [0.4, 0.5) is 0 Å². The highest BCUT2D eigenvalue weighted by atomic mass is 32.1. The molecule has 0 atom stereocenters. The van der Waals surface area contributed by atoms with Crippen molar-refractivity contribution in [3.8, 4) is 39.9 Å². The smallest absolute Gasteiger partial charge is 0.170 e. The van der Waals surface area contributed by atoms with Gasteiger partial charge < -0.3 is 8.98 Å². The van der Waals surface area contributed by atoms with Gasteiger partial charge in [0.05, 0.1) is 22.3 Å². The van der Waals surface area contributed by atoms with Gasteiger partial charge in [-0.15, -0.1) is 11.3 Å². The summed E-state index contributed by atoms with van der Waals surface area (Å²) in [4.78, 5) is 15.8. The zero-order chi connectivity index (χ0) is 36.0. The Morgan fingerprint density at radius 1 is 0.418 bits per heavy atom. The van der Waals surface area contributed by atoms with Crippen LogP contribution < -0.4 is 0 Å². The van der Waals surface area contributed by atoms with Crippen LogP contribution in [0, 0.1) is 0 Å². The number of benzene rings is 8. The Kier molecular flexibility index (Phi) is 6.44. The molecule has 12 aromatic rings. The second kappa shape index (κ2) is 11.7. The standard InChI is InChI=1S/C49H28N4OS/c1-2-12-29(13-3-1)47-50-48(32-22-23-36-35-18-8-11-21-43(35)55-44(36)28-32)52-49(51-47)45-40(25-24-37-34-17-7-10-20-42(34)54-46(37)45)53-39-19-9-6-16-33(39)38-26-30-14-4-5-15-31(30)27-41(38)53/h1-28H. The molecule has 0 aliphatic rings. The van der Waals surface area contributed by atoms with E-state index >= 15 is 0 Å². The summed E-state index contributed by atoms with van der Waals surface area (Å²) in [6.45, 7) is 0. The van der Waals surface area contributed by atoms with E-state index in [4.69, 9.17) is 19.4 Å². The molecule has 0 radical (unpaired) electrons. The van der Waals surface area contributed by atoms with Gasteiger partial charge in [-0.05, 0) is 59.3 Å². The fraction of sp³-hybridized carbons (Fsp3) is 0. The lowest BCUT2D eigenvalue weighted by Crippen LogP contribution is -2.04. The van der Waals surface area contributed by atoms with Crippen molar-refractivity contribution < 1.29 is 4.42 Å². The minimum Gasteiger partial charge on any atom is -0.455 e. The number of hydrogen-bond acceptors (Lipinski definition) is 5. The van der Waals surface area contributed by atoms with E-state index in [1.807, 2.05) is 30.3 Å². The van der Waals surface area contributed by atoms with Gasteiger partial charge in [-0.3, -0.25) is 0 Å². The van der Waals surface area contributed by atoms with Crippen molar-refractivity contribution in [2.75, 3.05) is 0 Å². The van der Waals surface area contributed by atoms with Crippen molar-refractivity contribution in [2.45, 2.75) is 0 Å². The summed E-state index contributed by atoms with van der Waals surface area (Å²) >= 11 is 1.79. The zero-order valence-corrected chi connectivity index (χ0v) is 30.1. The lowest BCUT2D eigenvalue weighted by atomic mass is 10.0. The first-order valence-electron chi connectivity index (χ1n) is 18.4. The Labute approximate surface area is 318 Å². The normalized spacial score (nSPS) is 12.0. The molecule has 0 spiro atoms. The van der Waals surface area contributed by atoms with Crippen LogP contribution in [-0.2, 0) is 0 Å². The molecule has 0 aliphatic carbocycles. The van der Waals surface area contributed by atoms with Gasteiger partial charge in [0.25, 0.3) is 0 Å². The summed E-state index contributed by atoms with van der Waals surface area (Å²) in [6, 6.07) is 59.7. The number of rotatable bonds is 4. The summed E-state index contributed by atoms with van der Waals surface area (Å²) < 4.78 is 11.7. The van der Waals surface area contributed by atoms with Crippen LogP contribution in [-0.4, -0.2) is 19.5 Å². The highest BCUT2D eigenvalue weighted by Crippen LogP contribution is 2.43. The highest BCUT2D eigenvalue weighted by Gasteiger charge is 2.25. The summed E-state index contributed by atoms with van der Waals surface area (Å²) in [7, 11) is 0. The van der Waals surface area contributed by atoms with Gasteiger partial charge >= 0.3 is 0 Å². The van der Waals surface area contributed by atoms with E-state index in [0.29, 0.717) is 17.5 Å². The fourth-order valence-electron chi connectivity index (χ4n) is 8.29. The molecule has 0 fully saturated rings. The molecule has 55 heavy (non-hydrogen) atoms. The first-order chi connectivity index (χ1) is 27.2. The molecule has 8 aromatic carbocycles. The molecule has 4 aromatic heterocycles. The average molecular weight is 721 g/mol. The van der Waals surface area contributed by atoms with Crippen molar-refractivity contribution in [1.82, 2.24) is 19.5 Å². The monoisotopic (exact) mass is 720 g/mol. The Morgan fingerprint density at radius 3 is 1.95 bits per heavy atom. The Bertz CT molecular complexity index is 3500. The van der Waals surface area contributed by atoms with Crippen molar-refractivity contribution in [2.24, 2.45) is 0 Å². The van der Waals surface area contributed by atoms with Gasteiger partial charge in [0.1, 0.15) is 11.2 Å². The summed E-state index contributed by atoms with van der Waals surface area (Å²) in [5.41, 5.74) is 7.34. The molecular weight excluding hydrogens is 693 g/mol. The van der Waals surface area contributed by atoms with E-state index in [0.717, 1.165) is 55.3 Å². The van der Waals surface area contributed by atoms with Gasteiger partial charge in [-0.25, -0.2) is 15.0 Å². The summed E-state index contributed by atoms with van der Waals surface area (Å²) in [6.07, 6.45) is 0. The van der Waals surface area contributed by atoms with Crippen LogP contribution >= 0.6 is 11.3 Å².